The molecule has 0 aromatic heterocycles. The van der Waals surface area contributed by atoms with Crippen molar-refractivity contribution in [3.05, 3.63) is 70.1 Å². The molecule has 2 aliphatic carbocycles. The van der Waals surface area contributed by atoms with Gasteiger partial charge in [0.2, 0.25) is 0 Å². The van der Waals surface area contributed by atoms with Gasteiger partial charge in [0.05, 0.1) is 11.9 Å². The van der Waals surface area contributed by atoms with Gasteiger partial charge in [-0.05, 0) is 69.3 Å². The number of rotatable bonds is 15. The summed E-state index contributed by atoms with van der Waals surface area (Å²) >= 11 is 0. The Labute approximate surface area is 321 Å². The Morgan fingerprint density at radius 1 is 0.735 bits per heavy atom. The summed E-state index contributed by atoms with van der Waals surface area (Å²) in [7, 11) is -0.495. The van der Waals surface area contributed by atoms with Crippen LogP contribution >= 0.6 is 8.07 Å². The van der Waals surface area contributed by atoms with Crippen LogP contribution in [0, 0.1) is 0 Å². The van der Waals surface area contributed by atoms with E-state index in [1.165, 1.54) is 130 Å². The zero-order chi connectivity index (χ0) is 35.0. The molecule has 2 fully saturated rings. The molecule has 0 spiro atoms. The Balaban J connectivity index is 0.000000431. The van der Waals surface area contributed by atoms with E-state index in [1.807, 2.05) is 13.8 Å². The van der Waals surface area contributed by atoms with Crippen molar-refractivity contribution in [1.29, 1.82) is 0 Å². The molecule has 0 radical (unpaired) electrons. The summed E-state index contributed by atoms with van der Waals surface area (Å²) in [6.45, 7) is 19.3. The summed E-state index contributed by atoms with van der Waals surface area (Å²) in [6, 6.07) is 18.9. The molecule has 4 rings (SSSR count). The van der Waals surface area contributed by atoms with Gasteiger partial charge in [0.1, 0.15) is 0 Å². The number of benzene rings is 2. The standard InChI is InChI=1S/C22H31NP.C17H31N2.C4H10O.Mg/c1-6-7-16-24(19-12-9-8-10-13-19)23-22-20(17(2)3)14-11-15-21(22)18(4)5;1-2-3-14-17(18-15-10-6-4-7-11-15)19-16-12-8-5-9-13-16;1-3-5-4-2;/h8-15,17-18H,6-7,16H2,1-5H3;15-16H,2-14H2,1H3;3-4H2,1-2H3;/q2*-1;;+2/p+1/t24-;;;/m1.../s1. The SMILES string of the molecule is CCCCC([N-]C1CCCCC1)=[NH+]C1CCCCC1.CCCC[P@@]([N-]c1c(C(C)C)cccc1C(C)C)c1ccccc1.CCOCC.[Mg+2]. The van der Waals surface area contributed by atoms with Crippen LogP contribution in [-0.2, 0) is 4.74 Å². The van der Waals surface area contributed by atoms with Gasteiger partial charge in [0.15, 0.2) is 0 Å². The maximum Gasteiger partial charge on any atom is 2.00 e. The quantitative estimate of drug-likeness (QED) is 0.0854. The molecule has 6 heteroatoms. The molecule has 1 N–H and O–H groups in total. The van der Waals surface area contributed by atoms with Crippen molar-refractivity contribution in [2.75, 3.05) is 19.4 Å². The van der Waals surface area contributed by atoms with E-state index < -0.39 is 8.07 Å². The van der Waals surface area contributed by atoms with Gasteiger partial charge in [0.25, 0.3) is 0 Å². The Morgan fingerprint density at radius 2 is 1.29 bits per heavy atom. The molecule has 0 saturated heterocycles. The van der Waals surface area contributed by atoms with E-state index in [-0.39, 0.29) is 23.1 Å². The zero-order valence-electron chi connectivity index (χ0n) is 33.1. The van der Waals surface area contributed by atoms with Gasteiger partial charge in [-0.25, -0.2) is 0 Å². The third-order valence-electron chi connectivity index (χ3n) is 9.41. The van der Waals surface area contributed by atoms with Crippen molar-refractivity contribution in [2.45, 2.75) is 176 Å². The minimum Gasteiger partial charge on any atom is -0.656 e. The number of nitrogens with zero attached hydrogens (tertiary/aromatic N) is 2. The molecule has 0 heterocycles. The molecule has 0 unspecified atom stereocenters. The number of hydrogen-bond donors (Lipinski definition) is 1. The molecule has 1 atom stereocenters. The maximum atomic E-state index is 5.37. The number of nitrogens with one attached hydrogen (secondary N) is 1. The average Bonchev–Trinajstić information content (AvgIpc) is 3.11. The van der Waals surface area contributed by atoms with Crippen LogP contribution in [0.2, 0.25) is 0 Å². The molecule has 49 heavy (non-hydrogen) atoms. The van der Waals surface area contributed by atoms with Crippen molar-refractivity contribution >= 4 is 48.0 Å². The molecule has 2 saturated carbocycles. The van der Waals surface area contributed by atoms with Crippen molar-refractivity contribution in [2.24, 2.45) is 0 Å². The number of amidine groups is 1. The second kappa shape index (κ2) is 28.5. The number of ether oxygens (including phenoxy) is 1. The van der Waals surface area contributed by atoms with E-state index in [0.717, 1.165) is 13.2 Å². The second-order valence-corrected chi connectivity index (χ2v) is 16.2. The molecule has 2 aromatic rings. The van der Waals surface area contributed by atoms with Crippen LogP contribution in [0.1, 0.15) is 175 Å². The summed E-state index contributed by atoms with van der Waals surface area (Å²) < 4.78 is 4.83. The Hall–Kier alpha value is -1.13. The van der Waals surface area contributed by atoms with Crippen LogP contribution in [0.3, 0.4) is 0 Å². The molecule has 0 bridgehead atoms. The molecule has 272 valence electrons. The normalized spacial score (nSPS) is 16.2. The van der Waals surface area contributed by atoms with Crippen molar-refractivity contribution < 1.29 is 9.73 Å². The van der Waals surface area contributed by atoms with E-state index in [4.69, 9.17) is 15.1 Å². The molecular weight excluding hydrogens is 630 g/mol. The van der Waals surface area contributed by atoms with Gasteiger partial charge < -0.3 is 14.8 Å². The maximum absolute atomic E-state index is 5.37. The fraction of sp³-hybridized carbons (Fsp3) is 0.698. The van der Waals surface area contributed by atoms with Gasteiger partial charge in [-0.2, -0.15) is 8.07 Å². The first kappa shape index (κ1) is 45.9. The van der Waals surface area contributed by atoms with Crippen LogP contribution in [0.25, 0.3) is 10.4 Å². The van der Waals surface area contributed by atoms with Crippen molar-refractivity contribution in [3.8, 4) is 0 Å². The van der Waals surface area contributed by atoms with E-state index in [0.29, 0.717) is 23.9 Å². The predicted octanol–water partition coefficient (Wildman–Crippen LogP) is 11.8. The van der Waals surface area contributed by atoms with Crippen molar-refractivity contribution in [1.82, 2.24) is 0 Å². The van der Waals surface area contributed by atoms with Gasteiger partial charge >= 0.3 is 23.1 Å². The van der Waals surface area contributed by atoms with E-state index in [9.17, 15) is 0 Å². The Kier molecular flexibility index (Phi) is 26.6. The minimum atomic E-state index is -0.495. The fourth-order valence-electron chi connectivity index (χ4n) is 6.53. The smallest absolute Gasteiger partial charge is 0.656 e. The largest absolute Gasteiger partial charge is 2.00 e. The topological polar surface area (TPSA) is 51.4 Å². The van der Waals surface area contributed by atoms with Crippen LogP contribution in [0.4, 0.5) is 5.69 Å². The molecule has 0 amide bonds. The minimum absolute atomic E-state index is 0. The van der Waals surface area contributed by atoms with Gasteiger partial charge in [-0.15, -0.1) is 5.69 Å². The number of unbranched alkanes of at least 4 members (excludes halogenated alkanes) is 2. The average molecular weight is 703 g/mol. The Bertz CT molecular complexity index is 1070. The van der Waals surface area contributed by atoms with Crippen LogP contribution < -0.4 is 10.3 Å². The number of hydrogen-bond acceptors (Lipinski definition) is 1. The van der Waals surface area contributed by atoms with Crippen LogP contribution in [0.15, 0.2) is 48.5 Å². The van der Waals surface area contributed by atoms with E-state index >= 15 is 0 Å². The summed E-state index contributed by atoms with van der Waals surface area (Å²) in [4.78, 5) is 3.79. The summed E-state index contributed by atoms with van der Waals surface area (Å²) in [5.41, 5.74) is 4.04. The third-order valence-corrected chi connectivity index (χ3v) is 11.5. The van der Waals surface area contributed by atoms with Crippen LogP contribution in [0.5, 0.6) is 0 Å². The molecule has 0 aliphatic heterocycles. The van der Waals surface area contributed by atoms with Gasteiger partial charge in [-0.1, -0.05) is 159 Å². The molecule has 2 aliphatic rings. The van der Waals surface area contributed by atoms with Gasteiger partial charge in [0, 0.05) is 25.7 Å². The van der Waals surface area contributed by atoms with E-state index in [1.54, 1.807) is 0 Å². The fourth-order valence-corrected chi connectivity index (χ4v) is 8.61. The first-order valence-electron chi connectivity index (χ1n) is 19.9. The van der Waals surface area contributed by atoms with Gasteiger partial charge in [-0.3, -0.25) is 5.32 Å². The summed E-state index contributed by atoms with van der Waals surface area (Å²) in [5, 5.41) is 11.8. The summed E-state index contributed by atoms with van der Waals surface area (Å²) in [6.07, 6.45) is 21.2. The zero-order valence-corrected chi connectivity index (χ0v) is 35.4. The first-order chi connectivity index (χ1) is 23.3. The van der Waals surface area contributed by atoms with E-state index in [2.05, 4.69) is 95.1 Å². The second-order valence-electron chi connectivity index (χ2n) is 14.2. The predicted molar refractivity (Wildman–Crippen MR) is 221 cm³/mol. The molecule has 2 aromatic carbocycles. The Morgan fingerprint density at radius 3 is 1.78 bits per heavy atom. The monoisotopic (exact) mass is 703 g/mol. The van der Waals surface area contributed by atoms with Crippen LogP contribution in [-0.4, -0.2) is 60.3 Å². The first-order valence-corrected chi connectivity index (χ1v) is 21.4. The summed E-state index contributed by atoms with van der Waals surface area (Å²) in [5.74, 6) is 2.34. The molecule has 4 nitrogen and oxygen atoms in total. The molecular formula is C43H73MgN3OP+. The third kappa shape index (κ3) is 18.8. The van der Waals surface area contributed by atoms with Crippen molar-refractivity contribution in [3.63, 3.8) is 0 Å².